The van der Waals surface area contributed by atoms with E-state index in [0.29, 0.717) is 6.42 Å². The van der Waals surface area contributed by atoms with Crippen LogP contribution in [0.3, 0.4) is 0 Å². The topological polar surface area (TPSA) is 51.5 Å². The van der Waals surface area contributed by atoms with E-state index in [2.05, 4.69) is 59.3 Å². The molecule has 0 aromatic heterocycles. The van der Waals surface area contributed by atoms with Gasteiger partial charge in [-0.3, -0.25) is 4.90 Å². The second kappa shape index (κ2) is 9.03. The molecule has 5 heteroatoms. The van der Waals surface area contributed by atoms with E-state index in [1.54, 1.807) is 0 Å². The highest BCUT2D eigenvalue weighted by molar-refractivity contribution is 5.46. The molecule has 132 valence electrons. The molecule has 1 fully saturated rings. The van der Waals surface area contributed by atoms with E-state index >= 15 is 0 Å². The molecule has 1 N–H and O–H groups in total. The van der Waals surface area contributed by atoms with Crippen LogP contribution in [0.1, 0.15) is 25.8 Å². The molecule has 0 amide bonds. The molecule has 0 bridgehead atoms. The molecule has 0 spiro atoms. The van der Waals surface area contributed by atoms with Gasteiger partial charge in [-0.15, -0.1) is 0 Å². The Balaban J connectivity index is 1.78. The van der Waals surface area contributed by atoms with Crippen LogP contribution in [0.5, 0.6) is 0 Å². The summed E-state index contributed by atoms with van der Waals surface area (Å²) in [5.74, 6) is 0. The number of hydrogen-bond donors (Lipinski definition) is 1. The predicted molar refractivity (Wildman–Crippen MR) is 98.1 cm³/mol. The van der Waals surface area contributed by atoms with Gasteiger partial charge < -0.3 is 15.0 Å². The summed E-state index contributed by atoms with van der Waals surface area (Å²) < 4.78 is 5.44. The second-order valence-electron chi connectivity index (χ2n) is 7.01. The van der Waals surface area contributed by atoms with Crippen LogP contribution in [-0.4, -0.2) is 56.9 Å². The van der Waals surface area contributed by atoms with E-state index in [1.807, 2.05) is 7.05 Å². The van der Waals surface area contributed by atoms with Crippen LogP contribution in [0.15, 0.2) is 24.3 Å². The smallest absolute Gasteiger partial charge is 0.0640 e. The molecule has 1 aromatic carbocycles. The van der Waals surface area contributed by atoms with E-state index in [9.17, 15) is 0 Å². The van der Waals surface area contributed by atoms with Crippen LogP contribution >= 0.6 is 0 Å². The molecule has 2 rings (SSSR count). The molecular formula is C19H30N4O. The zero-order valence-electron chi connectivity index (χ0n) is 15.2. The third-order valence-corrected chi connectivity index (χ3v) is 4.69. The maximum atomic E-state index is 8.67. The van der Waals surface area contributed by atoms with Gasteiger partial charge in [0, 0.05) is 51.0 Å². The average molecular weight is 330 g/mol. The molecule has 0 aliphatic carbocycles. The van der Waals surface area contributed by atoms with Crippen LogP contribution in [0.2, 0.25) is 0 Å². The van der Waals surface area contributed by atoms with Gasteiger partial charge in [-0.2, -0.15) is 5.26 Å². The minimum atomic E-state index is 0.140. The van der Waals surface area contributed by atoms with Gasteiger partial charge in [0.2, 0.25) is 0 Å². The lowest BCUT2D eigenvalue weighted by Crippen LogP contribution is -2.54. The SMILES string of the molecule is CN(CCC#N)c1ccc(CNCC(C)(C)N2CCOCC2)cc1. The van der Waals surface area contributed by atoms with Gasteiger partial charge in [0.25, 0.3) is 0 Å². The molecule has 0 saturated carbocycles. The van der Waals surface area contributed by atoms with Crippen LogP contribution in [0.25, 0.3) is 0 Å². The number of nitrogens with zero attached hydrogens (tertiary/aromatic N) is 3. The lowest BCUT2D eigenvalue weighted by Gasteiger charge is -2.41. The van der Waals surface area contributed by atoms with Crippen LogP contribution < -0.4 is 10.2 Å². The Morgan fingerprint density at radius 2 is 1.92 bits per heavy atom. The van der Waals surface area contributed by atoms with Crippen LogP contribution in [0, 0.1) is 11.3 Å². The van der Waals surface area contributed by atoms with Crippen molar-refractivity contribution in [2.75, 3.05) is 51.3 Å². The van der Waals surface area contributed by atoms with Crippen LogP contribution in [0.4, 0.5) is 5.69 Å². The van der Waals surface area contributed by atoms with Crippen molar-refractivity contribution >= 4 is 5.69 Å². The normalized spacial score (nSPS) is 15.9. The monoisotopic (exact) mass is 330 g/mol. The molecule has 1 aliphatic rings. The lowest BCUT2D eigenvalue weighted by atomic mass is 10.0. The van der Waals surface area contributed by atoms with Crippen molar-refractivity contribution in [3.8, 4) is 6.07 Å². The number of anilines is 1. The van der Waals surface area contributed by atoms with Gasteiger partial charge in [0.1, 0.15) is 0 Å². The number of ether oxygens (including phenoxy) is 1. The maximum absolute atomic E-state index is 8.67. The molecule has 1 heterocycles. The Morgan fingerprint density at radius 1 is 1.25 bits per heavy atom. The molecule has 0 radical (unpaired) electrons. The number of nitriles is 1. The van der Waals surface area contributed by atoms with E-state index in [-0.39, 0.29) is 5.54 Å². The van der Waals surface area contributed by atoms with Crippen molar-refractivity contribution in [2.24, 2.45) is 0 Å². The standard InChI is InChI=1S/C19H30N4O/c1-19(2,23-11-13-24-14-12-23)16-21-15-17-5-7-18(8-6-17)22(3)10-4-9-20/h5-8,21H,4,10-16H2,1-3H3. The number of nitrogens with one attached hydrogen (secondary N) is 1. The van der Waals surface area contributed by atoms with Crippen molar-refractivity contribution in [1.82, 2.24) is 10.2 Å². The predicted octanol–water partition coefficient (Wildman–Crippen LogP) is 2.24. The first-order valence-electron chi connectivity index (χ1n) is 8.73. The quantitative estimate of drug-likeness (QED) is 0.792. The highest BCUT2D eigenvalue weighted by Crippen LogP contribution is 2.16. The van der Waals surface area contributed by atoms with Gasteiger partial charge >= 0.3 is 0 Å². The van der Waals surface area contributed by atoms with Crippen LogP contribution in [-0.2, 0) is 11.3 Å². The number of hydrogen-bond acceptors (Lipinski definition) is 5. The summed E-state index contributed by atoms with van der Waals surface area (Å²) in [5.41, 5.74) is 2.58. The van der Waals surface area contributed by atoms with Crippen molar-refractivity contribution in [3.05, 3.63) is 29.8 Å². The highest BCUT2D eigenvalue weighted by Gasteiger charge is 2.27. The molecule has 5 nitrogen and oxygen atoms in total. The average Bonchev–Trinajstić information content (AvgIpc) is 2.61. The third-order valence-electron chi connectivity index (χ3n) is 4.69. The number of morpholine rings is 1. The Labute approximate surface area is 146 Å². The molecule has 1 saturated heterocycles. The largest absolute Gasteiger partial charge is 0.379 e. The zero-order valence-corrected chi connectivity index (χ0v) is 15.2. The number of benzene rings is 1. The minimum Gasteiger partial charge on any atom is -0.379 e. The van der Waals surface area contributed by atoms with Gasteiger partial charge in [-0.1, -0.05) is 12.1 Å². The van der Waals surface area contributed by atoms with Crippen molar-refractivity contribution in [2.45, 2.75) is 32.4 Å². The van der Waals surface area contributed by atoms with Crippen molar-refractivity contribution in [3.63, 3.8) is 0 Å². The summed E-state index contributed by atoms with van der Waals surface area (Å²) in [4.78, 5) is 4.61. The summed E-state index contributed by atoms with van der Waals surface area (Å²) in [6, 6.07) is 10.8. The second-order valence-corrected chi connectivity index (χ2v) is 7.01. The number of rotatable bonds is 8. The van der Waals surface area contributed by atoms with E-state index < -0.39 is 0 Å². The Kier molecular flexibility index (Phi) is 7.04. The van der Waals surface area contributed by atoms with Crippen molar-refractivity contribution < 1.29 is 4.74 Å². The zero-order chi connectivity index (χ0) is 17.4. The summed E-state index contributed by atoms with van der Waals surface area (Å²) >= 11 is 0. The fraction of sp³-hybridized carbons (Fsp3) is 0.632. The molecular weight excluding hydrogens is 300 g/mol. The van der Waals surface area contributed by atoms with Gasteiger partial charge in [-0.05, 0) is 31.5 Å². The van der Waals surface area contributed by atoms with Gasteiger partial charge in [-0.25, -0.2) is 0 Å². The molecule has 1 aliphatic heterocycles. The first-order chi connectivity index (χ1) is 11.5. The Hall–Kier alpha value is -1.61. The van der Waals surface area contributed by atoms with Crippen molar-refractivity contribution in [1.29, 1.82) is 5.26 Å². The summed E-state index contributed by atoms with van der Waals surface area (Å²) in [5, 5.41) is 12.3. The maximum Gasteiger partial charge on any atom is 0.0640 e. The first kappa shape index (κ1) is 18.7. The van der Waals surface area contributed by atoms with E-state index in [1.165, 1.54) is 5.56 Å². The molecule has 0 unspecified atom stereocenters. The van der Waals surface area contributed by atoms with Gasteiger partial charge in [0.05, 0.1) is 25.7 Å². The lowest BCUT2D eigenvalue weighted by molar-refractivity contribution is -0.00966. The van der Waals surface area contributed by atoms with E-state index in [4.69, 9.17) is 10.00 Å². The van der Waals surface area contributed by atoms with Gasteiger partial charge in [0.15, 0.2) is 0 Å². The fourth-order valence-electron chi connectivity index (χ4n) is 3.01. The molecule has 0 atom stereocenters. The molecule has 1 aromatic rings. The Morgan fingerprint density at radius 3 is 2.54 bits per heavy atom. The summed E-state index contributed by atoms with van der Waals surface area (Å²) in [7, 11) is 2.02. The highest BCUT2D eigenvalue weighted by atomic mass is 16.5. The fourth-order valence-corrected chi connectivity index (χ4v) is 3.01. The molecule has 24 heavy (non-hydrogen) atoms. The first-order valence-corrected chi connectivity index (χ1v) is 8.73. The Bertz CT molecular complexity index is 529. The third kappa shape index (κ3) is 5.48. The minimum absolute atomic E-state index is 0.140. The van der Waals surface area contributed by atoms with E-state index in [0.717, 1.165) is 51.6 Å². The summed E-state index contributed by atoms with van der Waals surface area (Å²) in [6.07, 6.45) is 0.552. The summed E-state index contributed by atoms with van der Waals surface area (Å²) in [6.45, 7) is 10.9.